The van der Waals surface area contributed by atoms with Crippen LogP contribution in [0.25, 0.3) is 0 Å². The minimum atomic E-state index is -4.20. The number of nitrogens with one attached hydrogen (secondary N) is 2. The van der Waals surface area contributed by atoms with E-state index in [1.807, 2.05) is 0 Å². The van der Waals surface area contributed by atoms with E-state index in [1.165, 1.54) is 61.7 Å². The number of benzene rings is 2. The molecule has 2 aromatic carbocycles. The number of furan rings is 1. The molecule has 29 heavy (non-hydrogen) atoms. The highest BCUT2D eigenvalue weighted by Gasteiger charge is 2.24. The lowest BCUT2D eigenvalue weighted by atomic mass is 10.2. The third-order valence-electron chi connectivity index (χ3n) is 3.96. The SMILES string of the molecule is Cc1c([N+](=O)[O-])cccc1S(=O)(=O)Nc1ccc(Cl)cc1NC(=O)c1ccco1. The van der Waals surface area contributed by atoms with Gasteiger partial charge in [-0.15, -0.1) is 0 Å². The van der Waals surface area contributed by atoms with Crippen LogP contribution >= 0.6 is 11.6 Å². The number of hydrogen-bond acceptors (Lipinski definition) is 6. The Morgan fingerprint density at radius 3 is 2.55 bits per heavy atom. The number of rotatable bonds is 6. The van der Waals surface area contributed by atoms with E-state index in [0.717, 1.165) is 0 Å². The summed E-state index contributed by atoms with van der Waals surface area (Å²) in [6.45, 7) is 1.34. The third kappa shape index (κ3) is 4.39. The quantitative estimate of drug-likeness (QED) is 0.440. The predicted octanol–water partition coefficient (Wildman–Crippen LogP) is 4.20. The standard InChI is InChI=1S/C18H14ClN3O6S/c1-11-15(22(24)25)4-2-6-17(11)29(26,27)21-13-8-7-12(19)10-14(13)20-18(23)16-5-3-9-28-16/h2-10,21H,1H3,(H,20,23). The van der Waals surface area contributed by atoms with Gasteiger partial charge in [-0.2, -0.15) is 0 Å². The number of hydrogen-bond donors (Lipinski definition) is 2. The van der Waals surface area contributed by atoms with Crippen LogP contribution in [-0.4, -0.2) is 19.2 Å². The zero-order chi connectivity index (χ0) is 21.2. The summed E-state index contributed by atoms with van der Waals surface area (Å²) in [6, 6.07) is 10.9. The van der Waals surface area contributed by atoms with Crippen molar-refractivity contribution in [1.29, 1.82) is 0 Å². The summed E-state index contributed by atoms with van der Waals surface area (Å²) < 4.78 is 33.0. The van der Waals surface area contributed by atoms with Crippen molar-refractivity contribution >= 4 is 44.6 Å². The smallest absolute Gasteiger partial charge is 0.291 e. The lowest BCUT2D eigenvalue weighted by Gasteiger charge is -2.14. The van der Waals surface area contributed by atoms with Gasteiger partial charge in [0.2, 0.25) is 0 Å². The minimum Gasteiger partial charge on any atom is -0.459 e. The van der Waals surface area contributed by atoms with Crippen molar-refractivity contribution in [2.75, 3.05) is 10.0 Å². The Hall–Kier alpha value is -3.37. The molecule has 0 atom stereocenters. The van der Waals surface area contributed by atoms with E-state index in [-0.39, 0.29) is 38.3 Å². The number of nitrogens with zero attached hydrogens (tertiary/aromatic N) is 1. The molecule has 0 aliphatic rings. The van der Waals surface area contributed by atoms with Crippen LogP contribution in [0.5, 0.6) is 0 Å². The van der Waals surface area contributed by atoms with Crippen LogP contribution in [-0.2, 0) is 10.0 Å². The largest absolute Gasteiger partial charge is 0.459 e. The van der Waals surface area contributed by atoms with Crippen LogP contribution in [0.2, 0.25) is 5.02 Å². The van der Waals surface area contributed by atoms with Crippen LogP contribution < -0.4 is 10.0 Å². The first-order chi connectivity index (χ1) is 13.7. The van der Waals surface area contributed by atoms with Crippen LogP contribution in [0.15, 0.2) is 64.1 Å². The lowest BCUT2D eigenvalue weighted by Crippen LogP contribution is -2.18. The molecular weight excluding hydrogens is 422 g/mol. The molecule has 3 rings (SSSR count). The summed E-state index contributed by atoms with van der Waals surface area (Å²) in [5, 5.41) is 13.9. The van der Waals surface area contributed by atoms with E-state index < -0.39 is 20.9 Å². The molecule has 3 aromatic rings. The van der Waals surface area contributed by atoms with E-state index in [1.54, 1.807) is 0 Å². The number of carbonyl (C=O) groups is 1. The second-order valence-corrected chi connectivity index (χ2v) is 7.97. The van der Waals surface area contributed by atoms with Crippen molar-refractivity contribution in [2.45, 2.75) is 11.8 Å². The molecule has 0 aliphatic carbocycles. The van der Waals surface area contributed by atoms with Gasteiger partial charge < -0.3 is 9.73 Å². The van der Waals surface area contributed by atoms with Crippen molar-refractivity contribution in [2.24, 2.45) is 0 Å². The monoisotopic (exact) mass is 435 g/mol. The predicted molar refractivity (Wildman–Crippen MR) is 107 cm³/mol. The highest BCUT2D eigenvalue weighted by Crippen LogP contribution is 2.31. The molecule has 0 aliphatic heterocycles. The van der Waals surface area contributed by atoms with Gasteiger partial charge in [0.25, 0.3) is 21.6 Å². The van der Waals surface area contributed by atoms with Gasteiger partial charge in [0, 0.05) is 16.7 Å². The molecule has 0 fully saturated rings. The van der Waals surface area contributed by atoms with Crippen LogP contribution in [0.1, 0.15) is 16.1 Å². The molecule has 0 spiro atoms. The Balaban J connectivity index is 1.97. The normalized spacial score (nSPS) is 11.1. The average molecular weight is 436 g/mol. The number of sulfonamides is 1. The number of anilines is 2. The lowest BCUT2D eigenvalue weighted by molar-refractivity contribution is -0.385. The molecular formula is C18H14ClN3O6S. The van der Waals surface area contributed by atoms with Crippen molar-refractivity contribution in [3.8, 4) is 0 Å². The fourth-order valence-electron chi connectivity index (χ4n) is 2.59. The van der Waals surface area contributed by atoms with Gasteiger partial charge in [-0.1, -0.05) is 17.7 Å². The van der Waals surface area contributed by atoms with Crippen molar-refractivity contribution in [1.82, 2.24) is 0 Å². The van der Waals surface area contributed by atoms with Crippen LogP contribution in [0.4, 0.5) is 17.1 Å². The van der Waals surface area contributed by atoms with Gasteiger partial charge in [0.1, 0.15) is 0 Å². The molecule has 1 heterocycles. The second kappa shape index (κ2) is 7.94. The average Bonchev–Trinajstić information content (AvgIpc) is 3.18. The van der Waals surface area contributed by atoms with E-state index >= 15 is 0 Å². The van der Waals surface area contributed by atoms with E-state index in [0.29, 0.717) is 0 Å². The van der Waals surface area contributed by atoms with Crippen LogP contribution in [0, 0.1) is 17.0 Å². The molecule has 0 radical (unpaired) electrons. The van der Waals surface area contributed by atoms with E-state index in [4.69, 9.17) is 16.0 Å². The zero-order valence-electron chi connectivity index (χ0n) is 14.9. The van der Waals surface area contributed by atoms with Gasteiger partial charge in [-0.25, -0.2) is 8.42 Å². The van der Waals surface area contributed by atoms with Gasteiger partial charge in [-0.05, 0) is 43.3 Å². The molecule has 11 heteroatoms. The maximum Gasteiger partial charge on any atom is 0.291 e. The Morgan fingerprint density at radius 2 is 1.90 bits per heavy atom. The summed E-state index contributed by atoms with van der Waals surface area (Å²) in [5.41, 5.74) is -0.221. The van der Waals surface area contributed by atoms with E-state index in [2.05, 4.69) is 10.0 Å². The molecule has 0 saturated carbocycles. The number of halogens is 1. The van der Waals surface area contributed by atoms with Gasteiger partial charge in [-0.3, -0.25) is 19.6 Å². The summed E-state index contributed by atoms with van der Waals surface area (Å²) >= 11 is 5.97. The molecule has 1 aromatic heterocycles. The molecule has 1 amide bonds. The van der Waals surface area contributed by atoms with Crippen molar-refractivity contribution < 1.29 is 22.6 Å². The molecule has 0 bridgehead atoms. The van der Waals surface area contributed by atoms with Crippen molar-refractivity contribution in [3.05, 3.63) is 81.3 Å². The molecule has 2 N–H and O–H groups in total. The molecule has 0 saturated heterocycles. The fraction of sp³-hybridized carbons (Fsp3) is 0.0556. The first kappa shape index (κ1) is 20.4. The number of carbonyl (C=O) groups excluding carboxylic acids is 1. The topological polar surface area (TPSA) is 132 Å². The number of amides is 1. The molecule has 0 unspecified atom stereocenters. The Labute approximate surface area is 170 Å². The summed E-state index contributed by atoms with van der Waals surface area (Å²) in [4.78, 5) is 22.4. The van der Waals surface area contributed by atoms with Gasteiger partial charge in [0.15, 0.2) is 5.76 Å². The first-order valence-corrected chi connectivity index (χ1v) is 9.96. The highest BCUT2D eigenvalue weighted by atomic mass is 35.5. The van der Waals surface area contributed by atoms with Gasteiger partial charge >= 0.3 is 0 Å². The summed E-state index contributed by atoms with van der Waals surface area (Å²) in [6.07, 6.45) is 1.32. The maximum absolute atomic E-state index is 12.9. The van der Waals surface area contributed by atoms with E-state index in [9.17, 15) is 23.3 Å². The number of nitro groups is 1. The van der Waals surface area contributed by atoms with Crippen molar-refractivity contribution in [3.63, 3.8) is 0 Å². The molecule has 150 valence electrons. The highest BCUT2D eigenvalue weighted by molar-refractivity contribution is 7.92. The summed E-state index contributed by atoms with van der Waals surface area (Å²) in [5.74, 6) is -0.586. The first-order valence-electron chi connectivity index (χ1n) is 8.10. The Morgan fingerprint density at radius 1 is 1.14 bits per heavy atom. The van der Waals surface area contributed by atoms with Gasteiger partial charge in [0.05, 0.1) is 27.5 Å². The van der Waals surface area contributed by atoms with Crippen LogP contribution in [0.3, 0.4) is 0 Å². The summed E-state index contributed by atoms with van der Waals surface area (Å²) in [7, 11) is -4.20. The Kier molecular flexibility index (Phi) is 5.57. The Bertz CT molecular complexity index is 1190. The zero-order valence-corrected chi connectivity index (χ0v) is 16.5. The maximum atomic E-state index is 12.9. The minimum absolute atomic E-state index is 0.0138. The second-order valence-electron chi connectivity index (χ2n) is 5.88. The third-order valence-corrected chi connectivity index (χ3v) is 5.71. The molecule has 9 nitrogen and oxygen atoms in total. The number of nitro benzene ring substituents is 1. The fourth-order valence-corrected chi connectivity index (χ4v) is 4.11.